The van der Waals surface area contributed by atoms with Gasteiger partial charge in [0.1, 0.15) is 11.6 Å². The maximum Gasteiger partial charge on any atom is 0.408 e. The summed E-state index contributed by atoms with van der Waals surface area (Å²) in [7, 11) is 1.61. The summed E-state index contributed by atoms with van der Waals surface area (Å²) in [6, 6.07) is -0.623. The van der Waals surface area contributed by atoms with Gasteiger partial charge in [-0.15, -0.1) is 0 Å². The number of amides is 2. The Morgan fingerprint density at radius 3 is 2.39 bits per heavy atom. The first-order chi connectivity index (χ1) is 8.26. The van der Waals surface area contributed by atoms with Gasteiger partial charge in [-0.3, -0.25) is 4.79 Å². The first-order valence-corrected chi connectivity index (χ1v) is 6.02. The van der Waals surface area contributed by atoms with Crippen LogP contribution < -0.4 is 10.6 Å². The number of hydrogen-bond donors (Lipinski definition) is 2. The van der Waals surface area contributed by atoms with Crippen LogP contribution in [0.2, 0.25) is 0 Å². The van der Waals surface area contributed by atoms with Crippen LogP contribution in [0.1, 0.15) is 34.1 Å². The van der Waals surface area contributed by atoms with Gasteiger partial charge in [0.15, 0.2) is 0 Å². The van der Waals surface area contributed by atoms with Crippen molar-refractivity contribution >= 4 is 12.0 Å². The Labute approximate surface area is 108 Å². The molecule has 106 valence electrons. The van der Waals surface area contributed by atoms with Gasteiger partial charge >= 0.3 is 6.09 Å². The van der Waals surface area contributed by atoms with Gasteiger partial charge in [0.05, 0.1) is 0 Å². The average molecular weight is 260 g/mol. The fraction of sp³-hybridized carbons (Fsp3) is 0.833. The molecule has 6 heteroatoms. The van der Waals surface area contributed by atoms with Crippen LogP contribution in [0.4, 0.5) is 4.79 Å². The van der Waals surface area contributed by atoms with Crippen LogP contribution >= 0.6 is 0 Å². The van der Waals surface area contributed by atoms with Crippen molar-refractivity contribution in [3.8, 4) is 0 Å². The molecule has 0 radical (unpaired) electrons. The summed E-state index contributed by atoms with van der Waals surface area (Å²) in [5, 5.41) is 5.17. The van der Waals surface area contributed by atoms with E-state index < -0.39 is 17.7 Å². The van der Waals surface area contributed by atoms with Crippen molar-refractivity contribution in [2.45, 2.75) is 45.8 Å². The Kier molecular flexibility index (Phi) is 7.35. The normalized spacial score (nSPS) is 12.7. The molecule has 0 aliphatic carbocycles. The van der Waals surface area contributed by atoms with E-state index in [4.69, 9.17) is 9.47 Å². The Hall–Kier alpha value is -1.30. The molecule has 18 heavy (non-hydrogen) atoms. The molecule has 2 N–H and O–H groups in total. The molecular weight excluding hydrogens is 236 g/mol. The van der Waals surface area contributed by atoms with Gasteiger partial charge in [-0.1, -0.05) is 0 Å². The maximum absolute atomic E-state index is 11.6. The Morgan fingerprint density at radius 2 is 1.89 bits per heavy atom. The third-order valence-corrected chi connectivity index (χ3v) is 1.95. The molecule has 0 aromatic carbocycles. The van der Waals surface area contributed by atoms with E-state index in [0.717, 1.165) is 6.42 Å². The van der Waals surface area contributed by atoms with Crippen LogP contribution in [-0.4, -0.2) is 43.9 Å². The first kappa shape index (κ1) is 16.7. The van der Waals surface area contributed by atoms with Crippen LogP contribution in [0.3, 0.4) is 0 Å². The lowest BCUT2D eigenvalue weighted by Gasteiger charge is -2.21. The highest BCUT2D eigenvalue weighted by Crippen LogP contribution is 2.06. The standard InChI is InChI=1S/C12H24N2O4/c1-9(10(15)13-7-6-8-17-5)14-11(16)18-12(2,3)4/h9H,6-8H2,1-5H3,(H,13,15)(H,14,16)/t9-/m0/s1. The zero-order chi connectivity index (χ0) is 14.2. The average Bonchev–Trinajstić information content (AvgIpc) is 2.21. The molecule has 0 spiro atoms. The largest absolute Gasteiger partial charge is 0.444 e. The molecule has 6 nitrogen and oxygen atoms in total. The molecule has 0 heterocycles. The van der Waals surface area contributed by atoms with Crippen LogP contribution in [0.5, 0.6) is 0 Å². The van der Waals surface area contributed by atoms with E-state index in [0.29, 0.717) is 13.2 Å². The van der Waals surface area contributed by atoms with E-state index in [1.807, 2.05) is 0 Å². The number of ether oxygens (including phenoxy) is 2. The van der Waals surface area contributed by atoms with Crippen LogP contribution in [0.15, 0.2) is 0 Å². The van der Waals surface area contributed by atoms with E-state index in [2.05, 4.69) is 10.6 Å². The summed E-state index contributed by atoms with van der Waals surface area (Å²) in [6.07, 6.45) is 0.142. The van der Waals surface area contributed by atoms with E-state index in [9.17, 15) is 9.59 Å². The molecule has 0 saturated carbocycles. The van der Waals surface area contributed by atoms with Crippen molar-refractivity contribution in [3.63, 3.8) is 0 Å². The van der Waals surface area contributed by atoms with Crippen molar-refractivity contribution in [2.75, 3.05) is 20.3 Å². The van der Waals surface area contributed by atoms with Crippen molar-refractivity contribution < 1.29 is 19.1 Å². The summed E-state index contributed by atoms with van der Waals surface area (Å²) in [5.74, 6) is -0.239. The summed E-state index contributed by atoms with van der Waals surface area (Å²) in [5.41, 5.74) is -0.571. The van der Waals surface area contributed by atoms with E-state index >= 15 is 0 Å². The lowest BCUT2D eigenvalue weighted by Crippen LogP contribution is -2.46. The summed E-state index contributed by atoms with van der Waals surface area (Å²) >= 11 is 0. The van der Waals surface area contributed by atoms with Crippen molar-refractivity contribution in [1.29, 1.82) is 0 Å². The third kappa shape index (κ3) is 8.81. The summed E-state index contributed by atoms with van der Waals surface area (Å²) < 4.78 is 9.91. The van der Waals surface area contributed by atoms with Crippen molar-refractivity contribution in [2.24, 2.45) is 0 Å². The molecule has 0 aromatic heterocycles. The first-order valence-electron chi connectivity index (χ1n) is 6.02. The van der Waals surface area contributed by atoms with Gasteiger partial charge in [0.25, 0.3) is 0 Å². The predicted octanol–water partition coefficient (Wildman–Crippen LogP) is 1.05. The maximum atomic E-state index is 11.6. The summed E-state index contributed by atoms with van der Waals surface area (Å²) in [6.45, 7) is 8.02. The lowest BCUT2D eigenvalue weighted by molar-refractivity contribution is -0.122. The Bertz CT molecular complexity index is 274. The number of alkyl carbamates (subject to hydrolysis) is 1. The quantitative estimate of drug-likeness (QED) is 0.700. The number of rotatable bonds is 6. The molecular formula is C12H24N2O4. The molecule has 0 aliphatic rings. The van der Waals surface area contributed by atoms with E-state index in [-0.39, 0.29) is 5.91 Å². The van der Waals surface area contributed by atoms with E-state index in [1.54, 1.807) is 34.8 Å². The molecule has 0 bridgehead atoms. The van der Waals surface area contributed by atoms with Gasteiger partial charge in [-0.2, -0.15) is 0 Å². The van der Waals surface area contributed by atoms with Gasteiger partial charge in [-0.25, -0.2) is 4.79 Å². The molecule has 0 rings (SSSR count). The van der Waals surface area contributed by atoms with Crippen LogP contribution in [-0.2, 0) is 14.3 Å². The van der Waals surface area contributed by atoms with Gasteiger partial charge in [0, 0.05) is 20.3 Å². The van der Waals surface area contributed by atoms with E-state index in [1.165, 1.54) is 0 Å². The molecule has 0 fully saturated rings. The molecule has 2 amide bonds. The summed E-state index contributed by atoms with van der Waals surface area (Å²) in [4.78, 5) is 23.0. The highest BCUT2D eigenvalue weighted by molar-refractivity contribution is 5.85. The lowest BCUT2D eigenvalue weighted by atomic mass is 10.2. The minimum absolute atomic E-state index is 0.239. The monoisotopic (exact) mass is 260 g/mol. The second-order valence-electron chi connectivity index (χ2n) is 5.01. The zero-order valence-corrected chi connectivity index (χ0v) is 11.8. The van der Waals surface area contributed by atoms with Crippen molar-refractivity contribution in [3.05, 3.63) is 0 Å². The molecule has 0 saturated heterocycles. The molecule has 0 aromatic rings. The highest BCUT2D eigenvalue weighted by Gasteiger charge is 2.20. The van der Waals surface area contributed by atoms with Gasteiger partial charge in [0.2, 0.25) is 5.91 Å². The number of carbonyl (C=O) groups excluding carboxylic acids is 2. The Balaban J connectivity index is 3.90. The second kappa shape index (κ2) is 7.92. The molecule has 1 atom stereocenters. The smallest absolute Gasteiger partial charge is 0.408 e. The van der Waals surface area contributed by atoms with Gasteiger partial charge < -0.3 is 20.1 Å². The number of hydrogen-bond acceptors (Lipinski definition) is 4. The number of carbonyl (C=O) groups is 2. The second-order valence-corrected chi connectivity index (χ2v) is 5.01. The SMILES string of the molecule is COCCCNC(=O)[C@H](C)NC(=O)OC(C)(C)C. The van der Waals surface area contributed by atoms with Crippen molar-refractivity contribution in [1.82, 2.24) is 10.6 Å². The molecule has 0 aliphatic heterocycles. The topological polar surface area (TPSA) is 76.7 Å². The zero-order valence-electron chi connectivity index (χ0n) is 11.8. The third-order valence-electron chi connectivity index (χ3n) is 1.95. The predicted molar refractivity (Wildman–Crippen MR) is 68.3 cm³/mol. The highest BCUT2D eigenvalue weighted by atomic mass is 16.6. The van der Waals surface area contributed by atoms with Crippen LogP contribution in [0, 0.1) is 0 Å². The minimum atomic E-state index is -0.623. The fourth-order valence-electron chi connectivity index (χ4n) is 1.13. The fourth-order valence-corrected chi connectivity index (χ4v) is 1.13. The Morgan fingerprint density at radius 1 is 1.28 bits per heavy atom. The van der Waals surface area contributed by atoms with Gasteiger partial charge in [-0.05, 0) is 34.1 Å². The molecule has 0 unspecified atom stereocenters. The van der Waals surface area contributed by atoms with Crippen LogP contribution in [0.25, 0.3) is 0 Å². The number of methoxy groups -OCH3 is 1. The number of nitrogens with one attached hydrogen (secondary N) is 2. The minimum Gasteiger partial charge on any atom is -0.444 e.